The molecule has 2 rings (SSSR count). The van der Waals surface area contributed by atoms with Crippen molar-refractivity contribution < 1.29 is 5.11 Å². The molecule has 0 aromatic rings. The average molecular weight is 250 g/mol. The Morgan fingerprint density at radius 2 is 2.00 bits per heavy atom. The van der Waals surface area contributed by atoms with Crippen LogP contribution in [0, 0.1) is 22.7 Å². The molecular weight excluding hydrogens is 224 g/mol. The zero-order valence-electron chi connectivity index (χ0n) is 11.9. The number of likely N-dealkylation sites (N-methyl/N-ethyl adjacent to an activating group) is 1. The van der Waals surface area contributed by atoms with Gasteiger partial charge in [-0.3, -0.25) is 0 Å². The van der Waals surface area contributed by atoms with Gasteiger partial charge >= 0.3 is 0 Å². The molecule has 1 heterocycles. The fraction of sp³-hybridized carbons (Fsp3) is 0.933. The smallest absolute Gasteiger partial charge is 0.0974 e. The van der Waals surface area contributed by atoms with Crippen molar-refractivity contribution in [1.82, 2.24) is 4.90 Å². The minimum Gasteiger partial charge on any atom is -0.387 e. The van der Waals surface area contributed by atoms with E-state index in [1.165, 1.54) is 6.42 Å². The third-order valence-electron chi connectivity index (χ3n) is 5.54. The van der Waals surface area contributed by atoms with E-state index in [4.69, 9.17) is 0 Å². The summed E-state index contributed by atoms with van der Waals surface area (Å²) in [7, 11) is 2.05. The van der Waals surface area contributed by atoms with E-state index in [2.05, 4.69) is 24.8 Å². The van der Waals surface area contributed by atoms with E-state index in [1.807, 2.05) is 7.05 Å². The van der Waals surface area contributed by atoms with Gasteiger partial charge < -0.3 is 10.0 Å². The second-order valence-electron chi connectivity index (χ2n) is 6.55. The topological polar surface area (TPSA) is 47.3 Å². The van der Waals surface area contributed by atoms with Crippen molar-refractivity contribution in [3.63, 3.8) is 0 Å². The first-order valence-corrected chi connectivity index (χ1v) is 7.30. The molecule has 3 nitrogen and oxygen atoms in total. The maximum absolute atomic E-state index is 11.0. The minimum absolute atomic E-state index is 0.379. The molecule has 3 heteroatoms. The molecule has 1 aliphatic carbocycles. The summed E-state index contributed by atoms with van der Waals surface area (Å²) in [4.78, 5) is 2.19. The van der Waals surface area contributed by atoms with E-state index in [0.29, 0.717) is 12.6 Å². The molecule has 2 unspecified atom stereocenters. The molecule has 0 bridgehead atoms. The van der Waals surface area contributed by atoms with Crippen LogP contribution in [-0.2, 0) is 0 Å². The van der Waals surface area contributed by atoms with Gasteiger partial charge in [0.2, 0.25) is 0 Å². The highest BCUT2D eigenvalue weighted by Gasteiger charge is 2.56. The van der Waals surface area contributed by atoms with Crippen molar-refractivity contribution in [3.05, 3.63) is 0 Å². The normalized spacial score (nSPS) is 45.9. The Bertz CT molecular complexity index is 329. The number of aliphatic hydroxyl groups is 1. The van der Waals surface area contributed by atoms with Crippen LogP contribution in [0.4, 0.5) is 0 Å². The number of hydrogen-bond donors (Lipinski definition) is 1. The van der Waals surface area contributed by atoms with Crippen LogP contribution >= 0.6 is 0 Å². The largest absolute Gasteiger partial charge is 0.387 e. The van der Waals surface area contributed by atoms with Crippen LogP contribution < -0.4 is 0 Å². The lowest BCUT2D eigenvalue weighted by atomic mass is 9.61. The van der Waals surface area contributed by atoms with Gasteiger partial charge in [0.1, 0.15) is 0 Å². The van der Waals surface area contributed by atoms with Gasteiger partial charge in [0.25, 0.3) is 0 Å². The summed E-state index contributed by atoms with van der Waals surface area (Å²) >= 11 is 0. The Morgan fingerprint density at radius 3 is 2.39 bits per heavy atom. The Hall–Kier alpha value is -0.590. The maximum Gasteiger partial charge on any atom is 0.0974 e. The molecule has 1 aliphatic heterocycles. The lowest BCUT2D eigenvalue weighted by Gasteiger charge is -2.44. The van der Waals surface area contributed by atoms with Gasteiger partial charge in [-0.05, 0) is 52.0 Å². The Morgan fingerprint density at radius 1 is 1.39 bits per heavy atom. The zero-order chi connectivity index (χ0) is 13.4. The number of β-amino-alcohol motifs (C(OH)–C–C–N with tert-alkyl or cyclic N) is 1. The number of hydrogen-bond acceptors (Lipinski definition) is 3. The van der Waals surface area contributed by atoms with E-state index < -0.39 is 11.0 Å². The molecule has 1 N–H and O–H groups in total. The molecule has 0 radical (unpaired) electrons. The highest BCUT2D eigenvalue weighted by Crippen LogP contribution is 2.51. The van der Waals surface area contributed by atoms with Gasteiger partial charge in [0, 0.05) is 12.6 Å². The van der Waals surface area contributed by atoms with Crippen LogP contribution in [0.15, 0.2) is 0 Å². The quantitative estimate of drug-likeness (QED) is 0.819. The Labute approximate surface area is 111 Å². The van der Waals surface area contributed by atoms with Gasteiger partial charge in [0.05, 0.1) is 17.1 Å². The molecule has 0 amide bonds. The summed E-state index contributed by atoms with van der Waals surface area (Å²) in [5, 5.41) is 20.7. The van der Waals surface area contributed by atoms with E-state index in [-0.39, 0.29) is 0 Å². The van der Waals surface area contributed by atoms with Crippen molar-refractivity contribution in [1.29, 1.82) is 5.26 Å². The van der Waals surface area contributed by atoms with Crippen LogP contribution in [0.25, 0.3) is 0 Å². The molecule has 18 heavy (non-hydrogen) atoms. The molecule has 1 saturated heterocycles. The van der Waals surface area contributed by atoms with Crippen molar-refractivity contribution in [3.8, 4) is 6.07 Å². The highest BCUT2D eigenvalue weighted by molar-refractivity contribution is 5.16. The van der Waals surface area contributed by atoms with E-state index in [9.17, 15) is 10.4 Å². The second-order valence-corrected chi connectivity index (χ2v) is 6.55. The first-order valence-electron chi connectivity index (χ1n) is 7.30. The summed E-state index contributed by atoms with van der Waals surface area (Å²) < 4.78 is 0. The van der Waals surface area contributed by atoms with Crippen molar-refractivity contribution in [2.75, 3.05) is 13.6 Å². The molecule has 0 aromatic carbocycles. The third-order valence-corrected chi connectivity index (χ3v) is 5.54. The van der Waals surface area contributed by atoms with E-state index >= 15 is 0 Å². The maximum atomic E-state index is 11.0. The number of likely N-dealkylation sites (tertiary alicyclic amines) is 1. The van der Waals surface area contributed by atoms with Gasteiger partial charge in [-0.1, -0.05) is 13.3 Å². The minimum atomic E-state index is -0.797. The number of nitrogens with zero attached hydrogens (tertiary/aromatic N) is 2. The van der Waals surface area contributed by atoms with Crippen molar-refractivity contribution >= 4 is 0 Å². The monoisotopic (exact) mass is 250 g/mol. The second kappa shape index (κ2) is 4.83. The first kappa shape index (κ1) is 13.8. The summed E-state index contributed by atoms with van der Waals surface area (Å²) in [5.74, 6) is 0.756. The van der Waals surface area contributed by atoms with E-state index in [0.717, 1.165) is 38.0 Å². The molecule has 2 atom stereocenters. The van der Waals surface area contributed by atoms with Crippen LogP contribution in [0.3, 0.4) is 0 Å². The Balaban J connectivity index is 2.17. The van der Waals surface area contributed by atoms with Crippen LogP contribution in [0.1, 0.15) is 52.4 Å². The fourth-order valence-corrected chi connectivity index (χ4v) is 3.88. The van der Waals surface area contributed by atoms with Crippen LogP contribution in [0.2, 0.25) is 0 Å². The number of rotatable bonds is 2. The molecule has 102 valence electrons. The zero-order valence-corrected chi connectivity index (χ0v) is 11.9. The lowest BCUT2D eigenvalue weighted by molar-refractivity contribution is -0.0684. The molecule has 2 aliphatic rings. The Kier molecular flexibility index (Phi) is 3.71. The van der Waals surface area contributed by atoms with Crippen molar-refractivity contribution in [2.24, 2.45) is 11.3 Å². The van der Waals surface area contributed by atoms with Gasteiger partial charge in [0.15, 0.2) is 0 Å². The lowest BCUT2D eigenvalue weighted by Crippen LogP contribution is -2.51. The predicted octanol–water partition coefficient (Wildman–Crippen LogP) is 2.55. The summed E-state index contributed by atoms with van der Waals surface area (Å²) in [6.07, 6.45) is 5.90. The van der Waals surface area contributed by atoms with Gasteiger partial charge in [-0.15, -0.1) is 0 Å². The molecular formula is C15H26N2O. The molecule has 1 saturated carbocycles. The SMILES string of the molecule is CCC1CCC(C#N)(C2(O)CC(C)N(C)C2)CC1. The average Bonchev–Trinajstić information content (AvgIpc) is 2.64. The summed E-state index contributed by atoms with van der Waals surface area (Å²) in [6, 6.07) is 2.89. The van der Waals surface area contributed by atoms with Gasteiger partial charge in [-0.25, -0.2) is 0 Å². The summed E-state index contributed by atoms with van der Waals surface area (Å²) in [6.45, 7) is 5.02. The van der Waals surface area contributed by atoms with Crippen LogP contribution in [-0.4, -0.2) is 35.2 Å². The van der Waals surface area contributed by atoms with Crippen molar-refractivity contribution in [2.45, 2.75) is 64.0 Å². The highest BCUT2D eigenvalue weighted by atomic mass is 16.3. The fourth-order valence-electron chi connectivity index (χ4n) is 3.88. The first-order chi connectivity index (χ1) is 8.46. The van der Waals surface area contributed by atoms with Gasteiger partial charge in [-0.2, -0.15) is 5.26 Å². The molecule has 0 spiro atoms. The number of nitriles is 1. The van der Waals surface area contributed by atoms with E-state index in [1.54, 1.807) is 0 Å². The predicted molar refractivity (Wildman–Crippen MR) is 72.0 cm³/mol. The third kappa shape index (κ3) is 2.06. The van der Waals surface area contributed by atoms with Crippen LogP contribution in [0.5, 0.6) is 0 Å². The standard InChI is InChI=1S/C15H26N2O/c1-4-13-5-7-14(10-16,8-6-13)15(18)9-12(2)17(3)11-15/h12-13,18H,4-9,11H2,1-3H3. The molecule has 2 fully saturated rings. The summed E-state index contributed by atoms with van der Waals surface area (Å²) in [5.41, 5.74) is -1.30. The molecule has 0 aromatic heterocycles.